The molecule has 1 atom stereocenters. The molecule has 1 unspecified atom stereocenters. The minimum Gasteiger partial charge on any atom is -0.261 e. The summed E-state index contributed by atoms with van der Waals surface area (Å²) in [4.78, 5) is 0.00794. The Hall–Kier alpha value is -1.30. The fraction of sp³-hybridized carbons (Fsp3) is 0.200. The van der Waals surface area contributed by atoms with Crippen LogP contribution < -0.4 is 5.30 Å². The Bertz CT molecular complexity index is 790. The molecule has 0 N–H and O–H groups in total. The van der Waals surface area contributed by atoms with Crippen LogP contribution in [0.4, 0.5) is 0 Å². The normalized spacial score (nSPS) is 12.2. The minimum absolute atomic E-state index is 0.00794. The van der Waals surface area contributed by atoms with Gasteiger partial charge in [0.15, 0.2) is 0 Å². The quantitative estimate of drug-likeness (QED) is 0.547. The van der Waals surface area contributed by atoms with Crippen molar-refractivity contribution in [3.63, 3.8) is 0 Å². The lowest BCUT2D eigenvalue weighted by Gasteiger charge is -2.06. The first-order valence-electron chi connectivity index (χ1n) is 6.77. The van der Waals surface area contributed by atoms with E-state index in [0.717, 1.165) is 0 Å². The first-order valence-corrected chi connectivity index (χ1v) is 9.73. The van der Waals surface area contributed by atoms with E-state index >= 15 is 0 Å². The summed E-state index contributed by atoms with van der Waals surface area (Å²) in [7, 11) is -5.97. The van der Waals surface area contributed by atoms with Crippen LogP contribution >= 0.6 is 19.6 Å². The second-order valence-electron chi connectivity index (χ2n) is 4.47. The molecule has 0 aliphatic heterocycles. The van der Waals surface area contributed by atoms with E-state index in [1.165, 1.54) is 24.3 Å². The van der Waals surface area contributed by atoms with Gasteiger partial charge in [0.25, 0.3) is 10.1 Å². The summed E-state index contributed by atoms with van der Waals surface area (Å²) in [6.07, 6.45) is 0. The fourth-order valence-electron chi connectivity index (χ4n) is 1.81. The van der Waals surface area contributed by atoms with Crippen LogP contribution in [0.15, 0.2) is 53.4 Å². The lowest BCUT2D eigenvalue weighted by Crippen LogP contribution is -2.12. The smallest absolute Gasteiger partial charge is 0.261 e. The summed E-state index contributed by atoms with van der Waals surface area (Å²) in [5, 5.41) is 0.860. The molecule has 0 aromatic heterocycles. The average Bonchev–Trinajstić information content (AvgIpc) is 2.54. The molecule has 0 aliphatic rings. The highest BCUT2D eigenvalue weighted by Crippen LogP contribution is 2.24. The van der Waals surface area contributed by atoms with Gasteiger partial charge in [0.05, 0.1) is 11.5 Å². The van der Waals surface area contributed by atoms with Crippen LogP contribution in [0.3, 0.4) is 0 Å². The third kappa shape index (κ3) is 4.83. The Kier molecular flexibility index (Phi) is 6.27. The van der Waals surface area contributed by atoms with Crippen LogP contribution in [-0.4, -0.2) is 15.0 Å². The van der Waals surface area contributed by atoms with Gasteiger partial charge in [0, 0.05) is 10.6 Å². The molecule has 0 amide bonds. The topological polar surface area (TPSA) is 69.7 Å². The summed E-state index contributed by atoms with van der Waals surface area (Å²) < 4.78 is 46.5. The summed E-state index contributed by atoms with van der Waals surface area (Å²) in [6.45, 7) is 1.81. The SMILES string of the molecule is CCO[P+](=O)c1ccccc1COS(=O)(=O)c1ccc(Cl)cc1. The van der Waals surface area contributed by atoms with Crippen molar-refractivity contribution in [2.75, 3.05) is 6.61 Å². The zero-order valence-corrected chi connectivity index (χ0v) is 14.8. The number of benzene rings is 2. The van der Waals surface area contributed by atoms with Crippen molar-refractivity contribution >= 4 is 35.1 Å². The Morgan fingerprint density at radius 2 is 1.74 bits per heavy atom. The van der Waals surface area contributed by atoms with Crippen molar-refractivity contribution in [3.05, 3.63) is 59.1 Å². The molecule has 0 saturated heterocycles. The predicted molar refractivity (Wildman–Crippen MR) is 88.7 cm³/mol. The molecule has 0 fully saturated rings. The lowest BCUT2D eigenvalue weighted by molar-refractivity contribution is 0.308. The monoisotopic (exact) mass is 373 g/mol. The molecular weight excluding hydrogens is 359 g/mol. The standard InChI is InChI=1S/C15H15ClO5PS/c1-2-20-22(17)15-6-4-3-5-12(15)11-21-23(18,19)14-9-7-13(16)8-10-14/h3-10H,2,11H2,1H3/q+1. The van der Waals surface area contributed by atoms with Crippen LogP contribution in [0.1, 0.15) is 12.5 Å². The first kappa shape index (κ1) is 18.0. The number of hydrogen-bond acceptors (Lipinski definition) is 5. The van der Waals surface area contributed by atoms with Gasteiger partial charge in [0.2, 0.25) is 5.30 Å². The molecule has 5 nitrogen and oxygen atoms in total. The van der Waals surface area contributed by atoms with Crippen molar-refractivity contribution in [1.82, 2.24) is 0 Å². The molecule has 0 radical (unpaired) electrons. The Morgan fingerprint density at radius 1 is 1.09 bits per heavy atom. The number of rotatable bonds is 7. The molecule has 23 heavy (non-hydrogen) atoms. The number of halogens is 1. The van der Waals surface area contributed by atoms with Crippen molar-refractivity contribution in [1.29, 1.82) is 0 Å². The molecule has 0 spiro atoms. The maximum Gasteiger partial charge on any atom is 0.549 e. The van der Waals surface area contributed by atoms with Gasteiger partial charge in [-0.15, -0.1) is 4.52 Å². The van der Waals surface area contributed by atoms with Gasteiger partial charge >= 0.3 is 8.03 Å². The van der Waals surface area contributed by atoms with E-state index in [0.29, 0.717) is 22.5 Å². The van der Waals surface area contributed by atoms with E-state index in [9.17, 15) is 13.0 Å². The largest absolute Gasteiger partial charge is 0.549 e. The second kappa shape index (κ2) is 7.99. The average molecular weight is 374 g/mol. The van der Waals surface area contributed by atoms with Crippen LogP contribution in [0.5, 0.6) is 0 Å². The van der Waals surface area contributed by atoms with Crippen molar-refractivity contribution in [3.8, 4) is 0 Å². The van der Waals surface area contributed by atoms with Gasteiger partial charge in [-0.05, 0) is 41.8 Å². The second-order valence-corrected chi connectivity index (χ2v) is 7.78. The van der Waals surface area contributed by atoms with Gasteiger partial charge in [0.1, 0.15) is 6.61 Å². The summed E-state index contributed by atoms with van der Waals surface area (Å²) >= 11 is 5.74. The first-order chi connectivity index (χ1) is 10.9. The van der Waals surface area contributed by atoms with E-state index in [1.807, 2.05) is 0 Å². The van der Waals surface area contributed by atoms with Crippen LogP contribution in [0.2, 0.25) is 5.02 Å². The number of hydrogen-bond donors (Lipinski definition) is 0. The Balaban J connectivity index is 2.17. The van der Waals surface area contributed by atoms with Crippen molar-refractivity contribution < 1.29 is 21.7 Å². The lowest BCUT2D eigenvalue weighted by atomic mass is 10.2. The van der Waals surface area contributed by atoms with Gasteiger partial charge in [-0.25, -0.2) is 0 Å². The molecule has 0 saturated carbocycles. The molecular formula is C15H15ClO5PS+. The molecule has 2 aromatic rings. The summed E-state index contributed by atoms with van der Waals surface area (Å²) in [5.41, 5.74) is 0.500. The maximum absolute atomic E-state index is 12.2. The van der Waals surface area contributed by atoms with Gasteiger partial charge in [-0.1, -0.05) is 29.8 Å². The Labute approximate surface area is 141 Å². The van der Waals surface area contributed by atoms with Crippen molar-refractivity contribution in [2.24, 2.45) is 0 Å². The van der Waals surface area contributed by atoms with Gasteiger partial charge in [-0.3, -0.25) is 4.18 Å². The minimum atomic E-state index is -3.92. The summed E-state index contributed by atoms with van der Waals surface area (Å²) in [5.74, 6) is 0. The van der Waals surface area contributed by atoms with E-state index in [-0.39, 0.29) is 11.5 Å². The predicted octanol–water partition coefficient (Wildman–Crippen LogP) is 3.65. The van der Waals surface area contributed by atoms with Crippen LogP contribution in [0.25, 0.3) is 0 Å². The van der Waals surface area contributed by atoms with Gasteiger partial charge in [-0.2, -0.15) is 8.42 Å². The molecule has 0 aliphatic carbocycles. The molecule has 0 heterocycles. The van der Waals surface area contributed by atoms with E-state index in [1.54, 1.807) is 31.2 Å². The highest BCUT2D eigenvalue weighted by Gasteiger charge is 2.26. The third-order valence-corrected chi connectivity index (χ3v) is 5.76. The zero-order chi connectivity index (χ0) is 16.9. The highest BCUT2D eigenvalue weighted by molar-refractivity contribution is 7.86. The van der Waals surface area contributed by atoms with Gasteiger partial charge < -0.3 is 0 Å². The van der Waals surface area contributed by atoms with E-state index in [4.69, 9.17) is 20.3 Å². The highest BCUT2D eigenvalue weighted by atomic mass is 35.5. The molecule has 0 bridgehead atoms. The summed E-state index contributed by atoms with van der Waals surface area (Å²) in [6, 6.07) is 12.4. The van der Waals surface area contributed by atoms with E-state index in [2.05, 4.69) is 0 Å². The zero-order valence-electron chi connectivity index (χ0n) is 12.3. The Morgan fingerprint density at radius 3 is 2.39 bits per heavy atom. The van der Waals surface area contributed by atoms with Crippen LogP contribution in [0, 0.1) is 0 Å². The van der Waals surface area contributed by atoms with Crippen LogP contribution in [-0.2, 0) is 30.0 Å². The molecule has 2 rings (SSSR count). The molecule has 8 heteroatoms. The van der Waals surface area contributed by atoms with E-state index < -0.39 is 18.1 Å². The maximum atomic E-state index is 12.2. The molecule has 122 valence electrons. The fourth-order valence-corrected chi connectivity index (χ4v) is 3.78. The van der Waals surface area contributed by atoms with Crippen molar-refractivity contribution in [2.45, 2.75) is 18.4 Å². The molecule has 2 aromatic carbocycles. The third-order valence-electron chi connectivity index (χ3n) is 2.91.